The summed E-state index contributed by atoms with van der Waals surface area (Å²) in [6, 6.07) is 9.97. The smallest absolute Gasteiger partial charge is 0.255 e. The van der Waals surface area contributed by atoms with Gasteiger partial charge in [0.2, 0.25) is 0 Å². The van der Waals surface area contributed by atoms with Gasteiger partial charge in [0.15, 0.2) is 0 Å². The number of hydrogen-bond donors (Lipinski definition) is 1. The zero-order valence-corrected chi connectivity index (χ0v) is 12.5. The van der Waals surface area contributed by atoms with Crippen LogP contribution in [0.2, 0.25) is 0 Å². The fourth-order valence-electron chi connectivity index (χ4n) is 1.87. The van der Waals surface area contributed by atoms with Gasteiger partial charge in [-0.15, -0.1) is 0 Å². The van der Waals surface area contributed by atoms with Crippen LogP contribution in [0.1, 0.15) is 20.7 Å². The molecule has 0 heterocycles. The van der Waals surface area contributed by atoms with Gasteiger partial charge >= 0.3 is 0 Å². The summed E-state index contributed by atoms with van der Waals surface area (Å²) in [6.45, 7) is 0.650. The number of anilines is 1. The second-order valence-electron chi connectivity index (χ2n) is 4.68. The Hall–Kier alpha value is -2.73. The molecule has 2 aromatic carbocycles. The van der Waals surface area contributed by atoms with Crippen molar-refractivity contribution >= 4 is 17.9 Å². The third-order valence-electron chi connectivity index (χ3n) is 3.04. The summed E-state index contributed by atoms with van der Waals surface area (Å²) >= 11 is 0. The molecule has 23 heavy (non-hydrogen) atoms. The first kappa shape index (κ1) is 16.6. The Morgan fingerprint density at radius 1 is 1.17 bits per heavy atom. The Morgan fingerprint density at radius 3 is 2.57 bits per heavy atom. The Bertz CT molecular complexity index is 685. The summed E-state index contributed by atoms with van der Waals surface area (Å²) < 4.78 is 23.8. The van der Waals surface area contributed by atoms with Crippen molar-refractivity contribution in [3.63, 3.8) is 0 Å². The fraction of sp³-hybridized carbons (Fsp3) is 0.176. The normalized spacial score (nSPS) is 10.2. The average Bonchev–Trinajstić information content (AvgIpc) is 2.57. The molecule has 0 unspecified atom stereocenters. The predicted octanol–water partition coefficient (Wildman–Crippen LogP) is 2.92. The molecule has 0 aliphatic rings. The number of nitrogens with one attached hydrogen (secondary N) is 1. The summed E-state index contributed by atoms with van der Waals surface area (Å²) in [7, 11) is 1.54. The molecular formula is C17H16FNO4. The molecule has 0 saturated heterocycles. The highest BCUT2D eigenvalue weighted by molar-refractivity contribution is 6.05. The molecule has 6 heteroatoms. The Kier molecular flexibility index (Phi) is 5.82. The summed E-state index contributed by atoms with van der Waals surface area (Å²) in [6.07, 6.45) is 0.690. The molecule has 0 spiro atoms. The molecule has 5 nitrogen and oxygen atoms in total. The maximum atomic E-state index is 13.4. The minimum atomic E-state index is -0.490. The first-order valence-corrected chi connectivity index (χ1v) is 6.92. The summed E-state index contributed by atoms with van der Waals surface area (Å²) in [5.41, 5.74) is 1.05. The third kappa shape index (κ3) is 4.62. The van der Waals surface area contributed by atoms with Crippen molar-refractivity contribution in [2.75, 3.05) is 25.6 Å². The topological polar surface area (TPSA) is 64.6 Å². The van der Waals surface area contributed by atoms with E-state index >= 15 is 0 Å². The highest BCUT2D eigenvalue weighted by atomic mass is 19.1. The van der Waals surface area contributed by atoms with Gasteiger partial charge in [0.25, 0.3) is 5.91 Å². The van der Waals surface area contributed by atoms with Gasteiger partial charge in [-0.05, 0) is 24.3 Å². The van der Waals surface area contributed by atoms with Crippen molar-refractivity contribution in [2.24, 2.45) is 0 Å². The van der Waals surface area contributed by atoms with Crippen molar-refractivity contribution in [1.29, 1.82) is 0 Å². The monoisotopic (exact) mass is 317 g/mol. The molecule has 0 saturated carbocycles. The van der Waals surface area contributed by atoms with E-state index in [2.05, 4.69) is 5.32 Å². The number of aldehydes is 1. The SMILES string of the molecule is COCCOc1ccc(F)cc1NC(=O)c1ccc(C=O)cc1. The lowest BCUT2D eigenvalue weighted by Crippen LogP contribution is -2.14. The van der Waals surface area contributed by atoms with E-state index in [-0.39, 0.29) is 12.3 Å². The van der Waals surface area contributed by atoms with E-state index in [0.717, 1.165) is 0 Å². The van der Waals surface area contributed by atoms with Crippen molar-refractivity contribution in [1.82, 2.24) is 0 Å². The lowest BCUT2D eigenvalue weighted by molar-refractivity contribution is 0.102. The van der Waals surface area contributed by atoms with Crippen LogP contribution in [-0.2, 0) is 4.74 Å². The van der Waals surface area contributed by atoms with E-state index in [9.17, 15) is 14.0 Å². The van der Waals surface area contributed by atoms with Crippen molar-refractivity contribution in [3.05, 3.63) is 59.4 Å². The van der Waals surface area contributed by atoms with E-state index < -0.39 is 11.7 Å². The van der Waals surface area contributed by atoms with Crippen LogP contribution >= 0.6 is 0 Å². The molecule has 0 fully saturated rings. The second kappa shape index (κ2) is 8.05. The Morgan fingerprint density at radius 2 is 1.91 bits per heavy atom. The van der Waals surface area contributed by atoms with Crippen molar-refractivity contribution in [2.45, 2.75) is 0 Å². The molecule has 0 bridgehead atoms. The van der Waals surface area contributed by atoms with Gasteiger partial charge in [-0.1, -0.05) is 12.1 Å². The lowest BCUT2D eigenvalue weighted by Gasteiger charge is -2.12. The number of methoxy groups -OCH3 is 1. The van der Waals surface area contributed by atoms with Crippen molar-refractivity contribution < 1.29 is 23.5 Å². The van der Waals surface area contributed by atoms with Gasteiger partial charge < -0.3 is 14.8 Å². The van der Waals surface area contributed by atoms with E-state index in [4.69, 9.17) is 9.47 Å². The highest BCUT2D eigenvalue weighted by Gasteiger charge is 2.11. The predicted molar refractivity (Wildman–Crippen MR) is 83.6 cm³/mol. The minimum Gasteiger partial charge on any atom is -0.489 e. The second-order valence-corrected chi connectivity index (χ2v) is 4.68. The molecule has 0 aliphatic heterocycles. The van der Waals surface area contributed by atoms with Gasteiger partial charge in [-0.25, -0.2) is 4.39 Å². The number of hydrogen-bond acceptors (Lipinski definition) is 4. The number of carbonyl (C=O) groups excluding carboxylic acids is 2. The molecule has 1 N–H and O–H groups in total. The van der Waals surface area contributed by atoms with Crippen LogP contribution in [0.25, 0.3) is 0 Å². The maximum Gasteiger partial charge on any atom is 0.255 e. The standard InChI is InChI=1S/C17H16FNO4/c1-22-8-9-23-16-7-6-14(18)10-15(16)19-17(21)13-4-2-12(11-20)3-5-13/h2-7,10-11H,8-9H2,1H3,(H,19,21). The van der Waals surface area contributed by atoms with Gasteiger partial charge in [0.1, 0.15) is 24.5 Å². The molecule has 2 rings (SSSR count). The number of amides is 1. The summed E-state index contributed by atoms with van der Waals surface area (Å²) in [4.78, 5) is 22.8. The molecular weight excluding hydrogens is 301 g/mol. The zero-order valence-electron chi connectivity index (χ0n) is 12.5. The maximum absolute atomic E-state index is 13.4. The molecule has 0 radical (unpaired) electrons. The fourth-order valence-corrected chi connectivity index (χ4v) is 1.87. The van der Waals surface area contributed by atoms with Gasteiger partial charge in [-0.2, -0.15) is 0 Å². The Balaban J connectivity index is 2.14. The zero-order chi connectivity index (χ0) is 16.7. The largest absolute Gasteiger partial charge is 0.489 e. The van der Waals surface area contributed by atoms with Crippen LogP contribution in [0.15, 0.2) is 42.5 Å². The van der Waals surface area contributed by atoms with E-state index in [1.54, 1.807) is 7.11 Å². The summed E-state index contributed by atoms with van der Waals surface area (Å²) in [5, 5.41) is 2.60. The van der Waals surface area contributed by atoms with Gasteiger partial charge in [0.05, 0.1) is 12.3 Å². The van der Waals surface area contributed by atoms with Crippen LogP contribution in [0.5, 0.6) is 5.75 Å². The van der Waals surface area contributed by atoms with E-state index in [1.807, 2.05) is 0 Å². The van der Waals surface area contributed by atoms with E-state index in [1.165, 1.54) is 42.5 Å². The highest BCUT2D eigenvalue weighted by Crippen LogP contribution is 2.26. The molecule has 0 aliphatic carbocycles. The molecule has 0 aromatic heterocycles. The van der Waals surface area contributed by atoms with Crippen molar-refractivity contribution in [3.8, 4) is 5.75 Å². The molecule has 120 valence electrons. The minimum absolute atomic E-state index is 0.227. The summed E-state index contributed by atoms with van der Waals surface area (Å²) in [5.74, 6) is -0.568. The third-order valence-corrected chi connectivity index (χ3v) is 3.04. The van der Waals surface area contributed by atoms with Crippen LogP contribution in [0.3, 0.4) is 0 Å². The molecule has 2 aromatic rings. The van der Waals surface area contributed by atoms with Crippen LogP contribution in [0.4, 0.5) is 10.1 Å². The number of halogens is 1. The number of ether oxygens (including phenoxy) is 2. The molecule has 0 atom stereocenters. The Labute approximate surface area is 133 Å². The first-order chi connectivity index (χ1) is 11.1. The quantitative estimate of drug-likeness (QED) is 0.630. The number of carbonyl (C=O) groups is 2. The lowest BCUT2D eigenvalue weighted by atomic mass is 10.1. The first-order valence-electron chi connectivity index (χ1n) is 6.92. The van der Waals surface area contributed by atoms with Crippen LogP contribution in [-0.4, -0.2) is 32.5 Å². The van der Waals surface area contributed by atoms with Crippen LogP contribution < -0.4 is 10.1 Å². The van der Waals surface area contributed by atoms with E-state index in [0.29, 0.717) is 29.8 Å². The van der Waals surface area contributed by atoms with Gasteiger partial charge in [-0.3, -0.25) is 9.59 Å². The average molecular weight is 317 g/mol. The van der Waals surface area contributed by atoms with Crippen LogP contribution in [0, 0.1) is 5.82 Å². The number of benzene rings is 2. The van der Waals surface area contributed by atoms with Gasteiger partial charge in [0, 0.05) is 24.3 Å². The molecule has 1 amide bonds. The number of rotatable bonds is 7.